The average Bonchev–Trinajstić information content (AvgIpc) is 2.28. The molecule has 0 atom stereocenters. The highest BCUT2D eigenvalue weighted by Crippen LogP contribution is 2.49. The van der Waals surface area contributed by atoms with Crippen LogP contribution in [0.3, 0.4) is 0 Å². The van der Waals surface area contributed by atoms with Gasteiger partial charge in [-0.05, 0) is 23.9 Å². The lowest BCUT2D eigenvalue weighted by atomic mass is 10.5. The third kappa shape index (κ3) is 11.0. The quantitative estimate of drug-likeness (QED) is 0.197. The van der Waals surface area contributed by atoms with Crippen LogP contribution in [0.4, 0.5) is 4.20 Å². The molecule has 0 radical (unpaired) electrons. The number of rotatable bonds is 10. The molecule has 0 aliphatic rings. The first kappa shape index (κ1) is 15.7. The molecule has 0 aliphatic heterocycles. The third-order valence-electron chi connectivity index (χ3n) is 1.42. The molecule has 0 saturated carbocycles. The lowest BCUT2D eigenvalue weighted by molar-refractivity contribution is 0.173. The smallest absolute Gasteiger partial charge is 0.284 e. The maximum absolute atomic E-state index is 13.0. The zero-order valence-electron chi connectivity index (χ0n) is 8.98. The zero-order valence-corrected chi connectivity index (χ0v) is 9.87. The topological polar surface area (TPSA) is 133 Å². The van der Waals surface area contributed by atoms with E-state index < -0.39 is 7.91 Å². The van der Waals surface area contributed by atoms with Gasteiger partial charge >= 0.3 is 7.91 Å². The largest absolute Gasteiger partial charge is 0.513 e. The van der Waals surface area contributed by atoms with Gasteiger partial charge in [-0.3, -0.25) is 9.05 Å². The highest BCUT2D eigenvalue weighted by atomic mass is 31.2. The summed E-state index contributed by atoms with van der Waals surface area (Å²) in [6, 6.07) is 0. The monoisotopic (exact) mass is 266 g/mol. The standard InChI is InChI=1S/C6H12FN6O3P/c7-17(14,15-5-1-3-10-12-8)16-6-2-4-11-13-9/h1-6H2. The molecule has 0 N–H and O–H groups in total. The van der Waals surface area contributed by atoms with Crippen LogP contribution >= 0.6 is 7.91 Å². The fraction of sp³-hybridized carbons (Fsp3) is 1.00. The molecule has 0 amide bonds. The van der Waals surface area contributed by atoms with E-state index in [-0.39, 0.29) is 39.1 Å². The first-order chi connectivity index (χ1) is 8.12. The zero-order chi connectivity index (χ0) is 13.0. The van der Waals surface area contributed by atoms with Gasteiger partial charge in [0.15, 0.2) is 0 Å². The van der Waals surface area contributed by atoms with Crippen LogP contribution in [0.2, 0.25) is 0 Å². The molecular weight excluding hydrogens is 254 g/mol. The van der Waals surface area contributed by atoms with Crippen molar-refractivity contribution < 1.29 is 17.8 Å². The normalized spacial score (nSPS) is 13.2. The van der Waals surface area contributed by atoms with E-state index in [1.165, 1.54) is 0 Å². The van der Waals surface area contributed by atoms with E-state index in [4.69, 9.17) is 11.1 Å². The fourth-order valence-corrected chi connectivity index (χ4v) is 1.51. The van der Waals surface area contributed by atoms with Gasteiger partial charge < -0.3 is 0 Å². The van der Waals surface area contributed by atoms with Crippen molar-refractivity contribution in [1.29, 1.82) is 0 Å². The molecule has 0 aromatic carbocycles. The predicted molar refractivity (Wildman–Crippen MR) is 57.9 cm³/mol. The molecule has 96 valence electrons. The lowest BCUT2D eigenvalue weighted by Gasteiger charge is -2.08. The molecule has 0 spiro atoms. The second kappa shape index (κ2) is 9.89. The van der Waals surface area contributed by atoms with E-state index in [0.717, 1.165) is 0 Å². The maximum atomic E-state index is 13.0. The molecule has 0 unspecified atom stereocenters. The van der Waals surface area contributed by atoms with Gasteiger partial charge in [0.2, 0.25) is 0 Å². The molecule has 0 heterocycles. The predicted octanol–water partition coefficient (Wildman–Crippen LogP) is 3.50. The maximum Gasteiger partial charge on any atom is 0.513 e. The Morgan fingerprint density at radius 2 is 1.47 bits per heavy atom. The van der Waals surface area contributed by atoms with Crippen LogP contribution in [0.15, 0.2) is 10.2 Å². The Bertz CT molecular complexity index is 324. The first-order valence-corrected chi connectivity index (χ1v) is 6.16. The molecule has 0 saturated heterocycles. The molecule has 0 aliphatic carbocycles. The van der Waals surface area contributed by atoms with E-state index in [9.17, 15) is 8.76 Å². The van der Waals surface area contributed by atoms with Crippen molar-refractivity contribution in [3.8, 4) is 0 Å². The molecule has 0 bridgehead atoms. The Hall–Kier alpha value is -1.30. The Labute approximate surface area is 96.8 Å². The minimum atomic E-state index is -4.56. The summed E-state index contributed by atoms with van der Waals surface area (Å²) in [5.74, 6) is 0. The summed E-state index contributed by atoms with van der Waals surface area (Å²) in [5.41, 5.74) is 15.9. The van der Waals surface area contributed by atoms with Gasteiger partial charge in [0.05, 0.1) is 13.2 Å². The van der Waals surface area contributed by atoms with Gasteiger partial charge in [-0.2, -0.15) is 0 Å². The molecule has 0 fully saturated rings. The second-order valence-corrected chi connectivity index (χ2v) is 4.09. The summed E-state index contributed by atoms with van der Waals surface area (Å²) in [6.07, 6.45) is 0.500. The summed E-state index contributed by atoms with van der Waals surface area (Å²) in [6.45, 7) is -0.0624. The molecule has 11 heteroatoms. The number of hydrogen-bond acceptors (Lipinski definition) is 5. The highest BCUT2D eigenvalue weighted by molar-refractivity contribution is 7.48. The Balaban J connectivity index is 3.61. The molecule has 17 heavy (non-hydrogen) atoms. The van der Waals surface area contributed by atoms with E-state index in [1.807, 2.05) is 0 Å². The summed E-state index contributed by atoms with van der Waals surface area (Å²) in [4.78, 5) is 4.97. The number of azide groups is 2. The molecule has 0 aromatic rings. The minimum absolute atomic E-state index is 0.132. The van der Waals surface area contributed by atoms with Crippen molar-refractivity contribution in [1.82, 2.24) is 0 Å². The third-order valence-corrected chi connectivity index (χ3v) is 2.40. The van der Waals surface area contributed by atoms with Crippen molar-refractivity contribution in [2.75, 3.05) is 26.3 Å². The first-order valence-electron chi connectivity index (χ1n) is 4.73. The van der Waals surface area contributed by atoms with Gasteiger partial charge in [0.25, 0.3) is 0 Å². The molecular formula is C6H12FN6O3P. The Kier molecular flexibility index (Phi) is 9.14. The SMILES string of the molecule is [N-]=[N+]=NCCCOP(=O)(F)OCCCN=[N+]=[N-]. The van der Waals surface area contributed by atoms with Crippen molar-refractivity contribution in [3.63, 3.8) is 0 Å². The highest BCUT2D eigenvalue weighted by Gasteiger charge is 2.22. The average molecular weight is 266 g/mol. The van der Waals surface area contributed by atoms with Gasteiger partial charge in [-0.1, -0.05) is 10.2 Å². The summed E-state index contributed by atoms with van der Waals surface area (Å²) in [5, 5.41) is 6.38. The Morgan fingerprint density at radius 3 is 1.82 bits per heavy atom. The van der Waals surface area contributed by atoms with E-state index in [0.29, 0.717) is 0 Å². The van der Waals surface area contributed by atoms with Crippen molar-refractivity contribution >= 4 is 7.91 Å². The minimum Gasteiger partial charge on any atom is -0.284 e. The summed E-state index contributed by atoms with van der Waals surface area (Å²) in [7, 11) is -4.56. The number of hydrogen-bond donors (Lipinski definition) is 0. The van der Waals surface area contributed by atoms with Crippen LogP contribution in [0, 0.1) is 0 Å². The van der Waals surface area contributed by atoms with Crippen LogP contribution in [0.25, 0.3) is 20.9 Å². The van der Waals surface area contributed by atoms with E-state index >= 15 is 0 Å². The van der Waals surface area contributed by atoms with E-state index in [1.54, 1.807) is 0 Å². The van der Waals surface area contributed by atoms with Gasteiger partial charge in [-0.25, -0.2) is 4.57 Å². The van der Waals surface area contributed by atoms with Crippen LogP contribution in [-0.2, 0) is 13.6 Å². The van der Waals surface area contributed by atoms with Crippen LogP contribution in [0.5, 0.6) is 0 Å². The van der Waals surface area contributed by atoms with Gasteiger partial charge in [0, 0.05) is 22.9 Å². The van der Waals surface area contributed by atoms with Crippen molar-refractivity contribution in [2.45, 2.75) is 12.8 Å². The summed E-state index contributed by atoms with van der Waals surface area (Å²) >= 11 is 0. The van der Waals surface area contributed by atoms with Crippen molar-refractivity contribution in [2.24, 2.45) is 10.2 Å². The van der Waals surface area contributed by atoms with Crippen LogP contribution in [0.1, 0.15) is 12.8 Å². The van der Waals surface area contributed by atoms with E-state index in [2.05, 4.69) is 29.1 Å². The van der Waals surface area contributed by atoms with Crippen LogP contribution < -0.4 is 0 Å². The molecule has 0 rings (SSSR count). The van der Waals surface area contributed by atoms with Gasteiger partial charge in [-0.15, -0.1) is 4.20 Å². The van der Waals surface area contributed by atoms with Crippen LogP contribution in [-0.4, -0.2) is 26.3 Å². The number of nitrogens with zero attached hydrogens (tertiary/aromatic N) is 6. The van der Waals surface area contributed by atoms with Crippen molar-refractivity contribution in [3.05, 3.63) is 20.9 Å². The fourth-order valence-electron chi connectivity index (χ4n) is 0.744. The van der Waals surface area contributed by atoms with Gasteiger partial charge in [0.1, 0.15) is 0 Å². The second-order valence-electron chi connectivity index (χ2n) is 2.71. The molecule has 0 aromatic heterocycles. The summed E-state index contributed by atoms with van der Waals surface area (Å²) < 4.78 is 32.7. The Morgan fingerprint density at radius 1 is 1.06 bits per heavy atom. The lowest BCUT2D eigenvalue weighted by Crippen LogP contribution is -1.98. The number of halogens is 1. The molecule has 9 nitrogen and oxygen atoms in total.